The Kier molecular flexibility index (Phi) is 3.19. The van der Waals surface area contributed by atoms with Crippen LogP contribution >= 0.6 is 0 Å². The maximum Gasteiger partial charge on any atom is 0.0741 e. The summed E-state index contributed by atoms with van der Waals surface area (Å²) in [4.78, 5) is 0. The molecular formula is C22H18N4. The van der Waals surface area contributed by atoms with Crippen LogP contribution in [0.2, 0.25) is 0 Å². The molecule has 0 N–H and O–H groups in total. The summed E-state index contributed by atoms with van der Waals surface area (Å²) in [5.41, 5.74) is 6.80. The highest BCUT2D eigenvalue weighted by Crippen LogP contribution is 2.23. The maximum atomic E-state index is 4.55. The number of hydrogen-bond acceptors (Lipinski definition) is 2. The highest BCUT2D eigenvalue weighted by Gasteiger charge is 2.08. The summed E-state index contributed by atoms with van der Waals surface area (Å²) in [7, 11) is 0. The number of aryl methyl sites for hydroxylation is 2. The number of nitrogens with zero attached hydrogens (tertiary/aromatic N) is 4. The van der Waals surface area contributed by atoms with Crippen molar-refractivity contribution in [1.29, 1.82) is 0 Å². The first kappa shape index (κ1) is 14.9. The van der Waals surface area contributed by atoms with Gasteiger partial charge in [0.1, 0.15) is 0 Å². The van der Waals surface area contributed by atoms with E-state index in [0.29, 0.717) is 0 Å². The monoisotopic (exact) mass is 338 g/mol. The largest absolute Gasteiger partial charge is 0.233 e. The molecular weight excluding hydrogens is 320 g/mol. The maximum absolute atomic E-state index is 4.55. The molecule has 0 unspecified atom stereocenters. The Labute approximate surface area is 151 Å². The Hall–Kier alpha value is -3.40. The number of aromatic nitrogens is 4. The van der Waals surface area contributed by atoms with Crippen molar-refractivity contribution in [2.75, 3.05) is 0 Å². The Balaban J connectivity index is 1.57. The van der Waals surface area contributed by atoms with Gasteiger partial charge in [0.25, 0.3) is 0 Å². The fraction of sp³-hybridized carbons (Fsp3) is 0.0909. The van der Waals surface area contributed by atoms with Crippen molar-refractivity contribution < 1.29 is 0 Å². The molecule has 5 rings (SSSR count). The molecule has 0 spiro atoms. The third kappa shape index (κ3) is 2.30. The first-order valence-corrected chi connectivity index (χ1v) is 8.69. The minimum absolute atomic E-state index is 1.04. The lowest BCUT2D eigenvalue weighted by molar-refractivity contribution is 0.894. The van der Waals surface area contributed by atoms with Crippen LogP contribution in [0.4, 0.5) is 0 Å². The molecule has 0 aliphatic rings. The quantitative estimate of drug-likeness (QED) is 0.455. The normalized spacial score (nSPS) is 11.5. The zero-order chi connectivity index (χ0) is 17.7. The summed E-state index contributed by atoms with van der Waals surface area (Å²) in [6, 6.07) is 21.1. The van der Waals surface area contributed by atoms with E-state index in [2.05, 4.69) is 84.7 Å². The summed E-state index contributed by atoms with van der Waals surface area (Å²) in [5, 5.41) is 11.4. The Bertz CT molecular complexity index is 1140. The van der Waals surface area contributed by atoms with Crippen LogP contribution in [-0.2, 0) is 0 Å². The standard InChI is InChI=1S/C22H18N4/c1-15-3-9-21-17(11-15)13-23-25(21)19-5-7-20(8-6-19)26-22-10-4-16(2)12-18(22)14-24-26/h3-14H,1-2H3. The van der Waals surface area contributed by atoms with E-state index in [1.807, 2.05) is 21.8 Å². The Morgan fingerprint density at radius 3 is 1.42 bits per heavy atom. The molecule has 3 aromatic carbocycles. The van der Waals surface area contributed by atoms with Gasteiger partial charge in [0, 0.05) is 10.8 Å². The van der Waals surface area contributed by atoms with E-state index in [1.54, 1.807) is 0 Å². The lowest BCUT2D eigenvalue weighted by atomic mass is 10.2. The predicted octanol–water partition coefficient (Wildman–Crippen LogP) is 4.98. The van der Waals surface area contributed by atoms with Crippen LogP contribution in [0.1, 0.15) is 11.1 Å². The molecule has 0 amide bonds. The molecule has 26 heavy (non-hydrogen) atoms. The Morgan fingerprint density at radius 1 is 0.577 bits per heavy atom. The van der Waals surface area contributed by atoms with Gasteiger partial charge in [-0.15, -0.1) is 0 Å². The van der Waals surface area contributed by atoms with Crippen LogP contribution in [0.3, 0.4) is 0 Å². The molecule has 0 saturated heterocycles. The van der Waals surface area contributed by atoms with Gasteiger partial charge in [-0.05, 0) is 62.4 Å². The molecule has 2 aromatic heterocycles. The van der Waals surface area contributed by atoms with Crippen molar-refractivity contribution >= 4 is 21.8 Å². The smallest absolute Gasteiger partial charge is 0.0741 e. The van der Waals surface area contributed by atoms with Crippen LogP contribution in [0, 0.1) is 13.8 Å². The first-order valence-electron chi connectivity index (χ1n) is 8.69. The topological polar surface area (TPSA) is 35.6 Å². The lowest BCUT2D eigenvalue weighted by Crippen LogP contribution is -1.99. The highest BCUT2D eigenvalue weighted by molar-refractivity contribution is 5.82. The van der Waals surface area contributed by atoms with Crippen molar-refractivity contribution in [1.82, 2.24) is 19.6 Å². The van der Waals surface area contributed by atoms with E-state index in [-0.39, 0.29) is 0 Å². The molecule has 5 aromatic rings. The zero-order valence-electron chi connectivity index (χ0n) is 14.7. The number of hydrogen-bond donors (Lipinski definition) is 0. The van der Waals surface area contributed by atoms with Gasteiger partial charge in [0.15, 0.2) is 0 Å². The third-order valence-corrected chi connectivity index (χ3v) is 4.79. The molecule has 126 valence electrons. The van der Waals surface area contributed by atoms with Crippen molar-refractivity contribution in [3.8, 4) is 11.4 Å². The highest BCUT2D eigenvalue weighted by atomic mass is 15.3. The lowest BCUT2D eigenvalue weighted by Gasteiger charge is -2.07. The molecule has 0 atom stereocenters. The van der Waals surface area contributed by atoms with E-state index in [9.17, 15) is 0 Å². The number of rotatable bonds is 2. The molecule has 0 aliphatic carbocycles. The summed E-state index contributed by atoms with van der Waals surface area (Å²) >= 11 is 0. The second-order valence-electron chi connectivity index (χ2n) is 6.75. The van der Waals surface area contributed by atoms with Gasteiger partial charge >= 0.3 is 0 Å². The predicted molar refractivity (Wildman–Crippen MR) is 105 cm³/mol. The minimum Gasteiger partial charge on any atom is -0.233 e. The van der Waals surface area contributed by atoms with Gasteiger partial charge < -0.3 is 0 Å². The van der Waals surface area contributed by atoms with Gasteiger partial charge in [-0.3, -0.25) is 0 Å². The van der Waals surface area contributed by atoms with E-state index in [1.165, 1.54) is 11.1 Å². The number of benzene rings is 3. The van der Waals surface area contributed by atoms with Gasteiger partial charge in [-0.1, -0.05) is 23.3 Å². The van der Waals surface area contributed by atoms with Crippen LogP contribution in [0.5, 0.6) is 0 Å². The third-order valence-electron chi connectivity index (χ3n) is 4.79. The average Bonchev–Trinajstić information content (AvgIpc) is 3.25. The van der Waals surface area contributed by atoms with Crippen LogP contribution in [0.15, 0.2) is 73.1 Å². The summed E-state index contributed by atoms with van der Waals surface area (Å²) in [6.45, 7) is 4.20. The van der Waals surface area contributed by atoms with E-state index in [0.717, 1.165) is 33.2 Å². The molecule has 4 nitrogen and oxygen atoms in total. The summed E-state index contributed by atoms with van der Waals surface area (Å²) in [6.07, 6.45) is 3.83. The van der Waals surface area contributed by atoms with Crippen LogP contribution in [0.25, 0.3) is 33.2 Å². The van der Waals surface area contributed by atoms with Crippen LogP contribution in [-0.4, -0.2) is 19.6 Å². The summed E-state index contributed by atoms with van der Waals surface area (Å²) < 4.78 is 3.95. The second kappa shape index (κ2) is 5.56. The molecule has 0 aliphatic heterocycles. The fourth-order valence-electron chi connectivity index (χ4n) is 3.45. The minimum atomic E-state index is 1.04. The molecule has 0 radical (unpaired) electrons. The van der Waals surface area contributed by atoms with E-state index < -0.39 is 0 Å². The second-order valence-corrected chi connectivity index (χ2v) is 6.75. The van der Waals surface area contributed by atoms with Gasteiger partial charge in [-0.25, -0.2) is 9.36 Å². The molecule has 0 fully saturated rings. The first-order chi connectivity index (χ1) is 12.7. The van der Waals surface area contributed by atoms with Gasteiger partial charge in [0.2, 0.25) is 0 Å². The number of fused-ring (bicyclic) bond motifs is 2. The summed E-state index contributed by atoms with van der Waals surface area (Å²) in [5.74, 6) is 0. The average molecular weight is 338 g/mol. The van der Waals surface area contributed by atoms with Gasteiger partial charge in [-0.2, -0.15) is 10.2 Å². The van der Waals surface area contributed by atoms with Crippen molar-refractivity contribution in [3.05, 3.63) is 84.2 Å². The molecule has 0 saturated carbocycles. The molecule has 0 bridgehead atoms. The van der Waals surface area contributed by atoms with Crippen LogP contribution < -0.4 is 0 Å². The molecule has 4 heteroatoms. The van der Waals surface area contributed by atoms with Crippen molar-refractivity contribution in [2.24, 2.45) is 0 Å². The van der Waals surface area contributed by atoms with Crippen molar-refractivity contribution in [3.63, 3.8) is 0 Å². The van der Waals surface area contributed by atoms with E-state index >= 15 is 0 Å². The zero-order valence-corrected chi connectivity index (χ0v) is 14.7. The Morgan fingerprint density at radius 2 is 1.00 bits per heavy atom. The van der Waals surface area contributed by atoms with Crippen molar-refractivity contribution in [2.45, 2.75) is 13.8 Å². The van der Waals surface area contributed by atoms with E-state index in [4.69, 9.17) is 0 Å². The molecule has 2 heterocycles. The fourth-order valence-corrected chi connectivity index (χ4v) is 3.45. The SMILES string of the molecule is Cc1ccc2c(cnn2-c2ccc(-n3ncc4cc(C)ccc43)cc2)c1. The van der Waals surface area contributed by atoms with Gasteiger partial charge in [0.05, 0.1) is 34.8 Å².